The summed E-state index contributed by atoms with van der Waals surface area (Å²) in [5.41, 5.74) is 2.45. The topological polar surface area (TPSA) is 28.2 Å². The Morgan fingerprint density at radius 1 is 1.50 bits per heavy atom. The van der Waals surface area contributed by atoms with Crippen LogP contribution in [0.5, 0.6) is 0 Å². The van der Waals surface area contributed by atoms with Crippen LogP contribution < -0.4 is 10.2 Å². The van der Waals surface area contributed by atoms with Gasteiger partial charge in [0.05, 0.1) is 6.54 Å². The molecule has 2 rings (SSSR count). The Kier molecular flexibility index (Phi) is 4.74. The summed E-state index contributed by atoms with van der Waals surface area (Å²) in [6, 6.07) is 4.23. The smallest absolute Gasteiger partial charge is 0.0520 e. The van der Waals surface area contributed by atoms with Crippen molar-refractivity contribution in [2.75, 3.05) is 19.0 Å². The molecular formula is C13H16BrN3S. The van der Waals surface area contributed by atoms with Crippen molar-refractivity contribution in [1.29, 1.82) is 0 Å². The summed E-state index contributed by atoms with van der Waals surface area (Å²) in [6.07, 6.45) is 3.77. The van der Waals surface area contributed by atoms with E-state index in [1.807, 2.05) is 19.4 Å². The van der Waals surface area contributed by atoms with Gasteiger partial charge in [0.25, 0.3) is 0 Å². The maximum Gasteiger partial charge on any atom is 0.0520 e. The lowest BCUT2D eigenvalue weighted by Gasteiger charge is -2.21. The van der Waals surface area contributed by atoms with Gasteiger partial charge in [-0.05, 0) is 35.1 Å². The molecule has 0 saturated heterocycles. The Morgan fingerprint density at radius 3 is 3.00 bits per heavy atom. The molecule has 0 fully saturated rings. The summed E-state index contributed by atoms with van der Waals surface area (Å²) < 4.78 is 1.15. The van der Waals surface area contributed by atoms with Crippen LogP contribution in [0.4, 0.5) is 5.69 Å². The molecule has 2 heterocycles. The van der Waals surface area contributed by atoms with Crippen LogP contribution in [0.25, 0.3) is 0 Å². The third-order valence-corrected chi connectivity index (χ3v) is 4.35. The lowest BCUT2D eigenvalue weighted by atomic mass is 10.2. The number of halogens is 1. The number of thiophene rings is 1. The molecule has 0 radical (unpaired) electrons. The van der Waals surface area contributed by atoms with Gasteiger partial charge in [-0.3, -0.25) is 4.98 Å². The Bertz CT molecular complexity index is 512. The van der Waals surface area contributed by atoms with E-state index in [1.54, 1.807) is 11.3 Å². The molecule has 5 heteroatoms. The number of nitrogens with zero attached hydrogens (tertiary/aromatic N) is 2. The minimum atomic E-state index is 0.835. The monoisotopic (exact) mass is 325 g/mol. The summed E-state index contributed by atoms with van der Waals surface area (Å²) >= 11 is 5.26. The molecule has 0 spiro atoms. The van der Waals surface area contributed by atoms with E-state index in [9.17, 15) is 0 Å². The van der Waals surface area contributed by atoms with Gasteiger partial charge < -0.3 is 10.2 Å². The second-order valence-electron chi connectivity index (χ2n) is 4.12. The summed E-state index contributed by atoms with van der Waals surface area (Å²) in [4.78, 5) is 7.79. The average molecular weight is 326 g/mol. The second kappa shape index (κ2) is 6.31. The highest BCUT2D eigenvalue weighted by atomic mass is 79.9. The largest absolute Gasteiger partial charge is 0.369 e. The molecule has 2 aromatic heterocycles. The maximum atomic E-state index is 4.19. The van der Waals surface area contributed by atoms with Crippen molar-refractivity contribution in [2.45, 2.75) is 13.1 Å². The molecule has 96 valence electrons. The maximum absolute atomic E-state index is 4.19. The second-order valence-corrected chi connectivity index (χ2v) is 6.03. The first kappa shape index (κ1) is 13.5. The van der Waals surface area contributed by atoms with Crippen LogP contribution in [-0.4, -0.2) is 19.1 Å². The number of anilines is 1. The Balaban J connectivity index is 2.15. The molecule has 0 amide bonds. The number of hydrogen-bond acceptors (Lipinski definition) is 4. The van der Waals surface area contributed by atoms with Crippen molar-refractivity contribution in [3.05, 3.63) is 44.8 Å². The van der Waals surface area contributed by atoms with Crippen molar-refractivity contribution >= 4 is 33.0 Å². The van der Waals surface area contributed by atoms with E-state index in [0.29, 0.717) is 0 Å². The van der Waals surface area contributed by atoms with Crippen molar-refractivity contribution < 1.29 is 0 Å². The molecule has 2 aromatic rings. The van der Waals surface area contributed by atoms with Crippen LogP contribution in [0.1, 0.15) is 10.4 Å². The Morgan fingerprint density at radius 2 is 2.33 bits per heavy atom. The van der Waals surface area contributed by atoms with Gasteiger partial charge in [0, 0.05) is 52.0 Å². The predicted molar refractivity (Wildman–Crippen MR) is 81.1 cm³/mol. The lowest BCUT2D eigenvalue weighted by molar-refractivity contribution is 0.801. The molecule has 0 atom stereocenters. The highest BCUT2D eigenvalue weighted by Crippen LogP contribution is 2.24. The zero-order valence-electron chi connectivity index (χ0n) is 10.5. The van der Waals surface area contributed by atoms with Gasteiger partial charge in [-0.25, -0.2) is 0 Å². The minimum Gasteiger partial charge on any atom is -0.369 e. The highest BCUT2D eigenvalue weighted by Gasteiger charge is 2.08. The fourth-order valence-corrected chi connectivity index (χ4v) is 3.38. The molecule has 0 unspecified atom stereocenters. The fourth-order valence-electron chi connectivity index (χ4n) is 1.87. The third-order valence-electron chi connectivity index (χ3n) is 2.67. The van der Waals surface area contributed by atoms with Gasteiger partial charge in [-0.1, -0.05) is 0 Å². The van der Waals surface area contributed by atoms with Gasteiger partial charge >= 0.3 is 0 Å². The molecular weight excluding hydrogens is 310 g/mol. The van der Waals surface area contributed by atoms with Gasteiger partial charge in [-0.2, -0.15) is 0 Å². The van der Waals surface area contributed by atoms with Crippen LogP contribution in [-0.2, 0) is 13.1 Å². The van der Waals surface area contributed by atoms with E-state index >= 15 is 0 Å². The standard InChI is InChI=1S/C13H16BrN3S/c1-15-6-10-7-16-4-3-13(10)17(2)8-12-5-11(14)9-18-12/h3-5,7,9,15H,6,8H2,1-2H3. The highest BCUT2D eigenvalue weighted by molar-refractivity contribution is 9.10. The van der Waals surface area contributed by atoms with Crippen LogP contribution in [0.3, 0.4) is 0 Å². The van der Waals surface area contributed by atoms with Gasteiger partial charge in [-0.15, -0.1) is 11.3 Å². The number of rotatable bonds is 5. The normalized spacial score (nSPS) is 10.6. The molecule has 1 N–H and O–H groups in total. The molecule has 0 aliphatic carbocycles. The van der Waals surface area contributed by atoms with E-state index in [1.165, 1.54) is 16.1 Å². The molecule has 3 nitrogen and oxygen atoms in total. The zero-order valence-corrected chi connectivity index (χ0v) is 12.9. The van der Waals surface area contributed by atoms with Gasteiger partial charge in [0.15, 0.2) is 0 Å². The van der Waals surface area contributed by atoms with Crippen LogP contribution in [0.15, 0.2) is 34.4 Å². The van der Waals surface area contributed by atoms with E-state index < -0.39 is 0 Å². The number of pyridine rings is 1. The van der Waals surface area contributed by atoms with Gasteiger partial charge in [0.1, 0.15) is 0 Å². The molecule has 0 saturated carbocycles. The summed E-state index contributed by atoms with van der Waals surface area (Å²) in [7, 11) is 4.06. The van der Waals surface area contributed by atoms with Crippen molar-refractivity contribution in [3.8, 4) is 0 Å². The van der Waals surface area contributed by atoms with E-state index in [2.05, 4.69) is 55.7 Å². The van der Waals surface area contributed by atoms with E-state index in [0.717, 1.165) is 17.6 Å². The third kappa shape index (κ3) is 3.31. The predicted octanol–water partition coefficient (Wildman–Crippen LogP) is 3.26. The molecule has 18 heavy (non-hydrogen) atoms. The Labute approximate surface area is 120 Å². The minimum absolute atomic E-state index is 0.835. The number of aromatic nitrogens is 1. The van der Waals surface area contributed by atoms with Gasteiger partial charge in [0.2, 0.25) is 0 Å². The van der Waals surface area contributed by atoms with Crippen LogP contribution in [0, 0.1) is 0 Å². The van der Waals surface area contributed by atoms with Crippen molar-refractivity contribution in [3.63, 3.8) is 0 Å². The quantitative estimate of drug-likeness (QED) is 0.914. The molecule has 0 aliphatic heterocycles. The fraction of sp³-hybridized carbons (Fsp3) is 0.308. The van der Waals surface area contributed by atoms with Crippen molar-refractivity contribution in [1.82, 2.24) is 10.3 Å². The van der Waals surface area contributed by atoms with Crippen LogP contribution >= 0.6 is 27.3 Å². The summed E-state index contributed by atoms with van der Waals surface area (Å²) in [5.74, 6) is 0. The number of nitrogens with one attached hydrogen (secondary N) is 1. The zero-order chi connectivity index (χ0) is 13.0. The molecule has 0 aromatic carbocycles. The summed E-state index contributed by atoms with van der Waals surface area (Å²) in [6.45, 7) is 1.75. The van der Waals surface area contributed by atoms with E-state index in [4.69, 9.17) is 0 Å². The molecule has 0 bridgehead atoms. The van der Waals surface area contributed by atoms with Crippen molar-refractivity contribution in [2.24, 2.45) is 0 Å². The first-order chi connectivity index (χ1) is 8.70. The number of hydrogen-bond donors (Lipinski definition) is 1. The SMILES string of the molecule is CNCc1cnccc1N(C)Cc1cc(Br)cs1. The lowest BCUT2D eigenvalue weighted by Crippen LogP contribution is -2.19. The first-order valence-corrected chi connectivity index (χ1v) is 7.39. The van der Waals surface area contributed by atoms with E-state index in [-0.39, 0.29) is 0 Å². The molecule has 0 aliphatic rings. The average Bonchev–Trinajstić information content (AvgIpc) is 2.76. The summed E-state index contributed by atoms with van der Waals surface area (Å²) in [5, 5.41) is 5.29. The van der Waals surface area contributed by atoms with Crippen LogP contribution in [0.2, 0.25) is 0 Å². The first-order valence-electron chi connectivity index (χ1n) is 5.72. The Hall–Kier alpha value is -0.910.